The van der Waals surface area contributed by atoms with Crippen molar-refractivity contribution < 1.29 is 48.6 Å². The average molecular weight is 820 g/mol. The van der Waals surface area contributed by atoms with Crippen LogP contribution in [0.2, 0.25) is 0 Å². The molecular weight excluding hydrogens is 759 g/mol. The van der Waals surface area contributed by atoms with Gasteiger partial charge in [-0.05, 0) is 49.0 Å². The van der Waals surface area contributed by atoms with Crippen molar-refractivity contribution in [2.75, 3.05) is 12.3 Å². The third-order valence-electron chi connectivity index (χ3n) is 9.74. The van der Waals surface area contributed by atoms with Crippen LogP contribution >= 0.6 is 12.6 Å². The van der Waals surface area contributed by atoms with Gasteiger partial charge in [0.1, 0.15) is 36.3 Å². The summed E-state index contributed by atoms with van der Waals surface area (Å²) in [6.07, 6.45) is 0.674. The van der Waals surface area contributed by atoms with Gasteiger partial charge in [0.05, 0.1) is 12.5 Å². The molecule has 9 N–H and O–H groups in total. The second-order valence-electron chi connectivity index (χ2n) is 15.5. The topological polar surface area (TPSA) is 266 Å². The molecular formula is C39H61N7O10S. The quantitative estimate of drug-likeness (QED) is 0.0691. The first-order valence-corrected chi connectivity index (χ1v) is 20.1. The van der Waals surface area contributed by atoms with E-state index in [-0.39, 0.29) is 43.4 Å². The maximum atomic E-state index is 14.0. The largest absolute Gasteiger partial charge is 0.481 e. The predicted octanol–water partition coefficient (Wildman–Crippen LogP) is 0.599. The van der Waals surface area contributed by atoms with E-state index in [0.29, 0.717) is 24.8 Å². The number of aliphatic carboxylic acids is 2. The van der Waals surface area contributed by atoms with Crippen molar-refractivity contribution in [2.45, 2.75) is 129 Å². The van der Waals surface area contributed by atoms with Gasteiger partial charge >= 0.3 is 11.9 Å². The van der Waals surface area contributed by atoms with E-state index in [0.717, 1.165) is 4.90 Å². The Labute approximate surface area is 339 Å². The number of carbonyl (C=O) groups excluding carboxylic acids is 6. The minimum atomic E-state index is -1.66. The van der Waals surface area contributed by atoms with Crippen LogP contribution in [0.15, 0.2) is 30.3 Å². The van der Waals surface area contributed by atoms with Crippen LogP contribution in [0, 0.1) is 17.8 Å². The number of carboxylic acids is 2. The maximum Gasteiger partial charge on any atom is 0.326 e. The minimum Gasteiger partial charge on any atom is -0.481 e. The average Bonchev–Trinajstić information content (AvgIpc) is 3.64. The molecule has 0 radical (unpaired) electrons. The van der Waals surface area contributed by atoms with Crippen LogP contribution < -0.4 is 32.3 Å². The van der Waals surface area contributed by atoms with Crippen molar-refractivity contribution in [1.29, 1.82) is 0 Å². The summed E-state index contributed by atoms with van der Waals surface area (Å²) in [6, 6.07) is 0.164. The molecule has 1 aromatic carbocycles. The molecule has 17 nitrogen and oxygen atoms in total. The zero-order valence-electron chi connectivity index (χ0n) is 33.7. The van der Waals surface area contributed by atoms with Crippen molar-refractivity contribution in [3.8, 4) is 0 Å². The molecule has 6 amide bonds. The molecule has 1 aliphatic rings. The summed E-state index contributed by atoms with van der Waals surface area (Å²) in [7, 11) is 0. The molecule has 8 unspecified atom stereocenters. The summed E-state index contributed by atoms with van der Waals surface area (Å²) in [5, 5.41) is 32.3. The van der Waals surface area contributed by atoms with E-state index in [4.69, 9.17) is 5.73 Å². The SMILES string of the molecule is CCC(C)C(NC(=O)C(CS)NC(=O)C1CCCN1C(=O)C(CC(=O)O)NC(=O)C(Cc1ccccc1)NC(=O)C(CC(C)C)NC(=O)C(N)CC(C)C)C(=O)O. The van der Waals surface area contributed by atoms with Crippen molar-refractivity contribution in [3.63, 3.8) is 0 Å². The Morgan fingerprint density at radius 1 is 0.772 bits per heavy atom. The Morgan fingerprint density at radius 2 is 1.33 bits per heavy atom. The van der Waals surface area contributed by atoms with Crippen LogP contribution in [0.5, 0.6) is 0 Å². The lowest BCUT2D eigenvalue weighted by atomic mass is 9.99. The first-order valence-electron chi connectivity index (χ1n) is 19.5. The predicted molar refractivity (Wildman–Crippen MR) is 215 cm³/mol. The van der Waals surface area contributed by atoms with Crippen LogP contribution in [0.25, 0.3) is 0 Å². The molecule has 0 saturated carbocycles. The number of amides is 6. The molecule has 1 saturated heterocycles. The molecule has 318 valence electrons. The fourth-order valence-electron chi connectivity index (χ4n) is 6.48. The summed E-state index contributed by atoms with van der Waals surface area (Å²) in [6.45, 7) is 11.0. The Hall–Kier alpha value is -4.71. The van der Waals surface area contributed by atoms with E-state index in [9.17, 15) is 48.6 Å². The van der Waals surface area contributed by atoms with E-state index in [2.05, 4.69) is 39.2 Å². The molecule has 1 aromatic rings. The molecule has 0 aliphatic carbocycles. The van der Waals surface area contributed by atoms with Crippen molar-refractivity contribution >= 4 is 60.0 Å². The zero-order chi connectivity index (χ0) is 43.0. The van der Waals surface area contributed by atoms with Crippen LogP contribution in [0.4, 0.5) is 0 Å². The summed E-state index contributed by atoms with van der Waals surface area (Å²) >= 11 is 4.16. The standard InChI is InChI=1S/C39H61N7O10S/c1-7-23(6)32(39(55)56)45-36(52)29(20-57)44-37(53)30-14-11-15-46(30)38(54)28(19-31(47)48)43-35(51)27(18-24-12-9-8-10-13-24)42-34(50)26(17-22(4)5)41-33(49)25(40)16-21(2)3/h8-10,12-13,21-23,25-30,32,57H,7,11,14-20,40H2,1-6H3,(H,41,49)(H,42,50)(H,43,51)(H,44,53)(H,45,52)(H,47,48)(H,55,56). The van der Waals surface area contributed by atoms with Crippen LogP contribution in [0.3, 0.4) is 0 Å². The molecule has 57 heavy (non-hydrogen) atoms. The first-order chi connectivity index (χ1) is 26.8. The van der Waals surface area contributed by atoms with Gasteiger partial charge in [-0.3, -0.25) is 33.6 Å². The summed E-state index contributed by atoms with van der Waals surface area (Å²) < 4.78 is 0. The van der Waals surface area contributed by atoms with Gasteiger partial charge in [-0.25, -0.2) is 4.79 Å². The number of hydrogen-bond donors (Lipinski definition) is 9. The number of rotatable bonds is 23. The number of nitrogens with two attached hydrogens (primary N) is 1. The number of benzene rings is 1. The number of nitrogens with zero attached hydrogens (tertiary/aromatic N) is 1. The van der Waals surface area contributed by atoms with Gasteiger partial charge in [-0.15, -0.1) is 0 Å². The van der Waals surface area contributed by atoms with E-state index < -0.39 is 102 Å². The number of likely N-dealkylation sites (tertiary alicyclic amines) is 1. The highest BCUT2D eigenvalue weighted by atomic mass is 32.1. The second-order valence-corrected chi connectivity index (χ2v) is 15.8. The number of carbonyl (C=O) groups is 8. The normalized spacial score (nSPS) is 17.6. The van der Waals surface area contributed by atoms with Gasteiger partial charge in [0.2, 0.25) is 35.4 Å². The highest BCUT2D eigenvalue weighted by Crippen LogP contribution is 2.20. The fourth-order valence-corrected chi connectivity index (χ4v) is 6.73. The summed E-state index contributed by atoms with van der Waals surface area (Å²) in [4.78, 5) is 106. The molecule has 0 aromatic heterocycles. The third-order valence-corrected chi connectivity index (χ3v) is 10.1. The number of nitrogens with one attached hydrogen (secondary N) is 5. The lowest BCUT2D eigenvalue weighted by Gasteiger charge is -2.30. The third kappa shape index (κ3) is 15.6. The number of thiol groups is 1. The molecule has 1 heterocycles. The molecule has 1 aliphatic heterocycles. The lowest BCUT2D eigenvalue weighted by Crippen LogP contribution is -2.60. The van der Waals surface area contributed by atoms with E-state index in [1.165, 1.54) is 0 Å². The minimum absolute atomic E-state index is 0.0372. The van der Waals surface area contributed by atoms with E-state index >= 15 is 0 Å². The fraction of sp³-hybridized carbons (Fsp3) is 0.641. The molecule has 18 heteroatoms. The van der Waals surface area contributed by atoms with Crippen LogP contribution in [0.1, 0.15) is 85.6 Å². The van der Waals surface area contributed by atoms with Crippen molar-refractivity contribution in [2.24, 2.45) is 23.5 Å². The molecule has 8 atom stereocenters. The van der Waals surface area contributed by atoms with Crippen LogP contribution in [-0.4, -0.2) is 117 Å². The van der Waals surface area contributed by atoms with Gasteiger partial charge < -0.3 is 47.4 Å². The van der Waals surface area contributed by atoms with Gasteiger partial charge in [0, 0.05) is 18.7 Å². The van der Waals surface area contributed by atoms with E-state index in [1.807, 2.05) is 27.7 Å². The lowest BCUT2D eigenvalue weighted by molar-refractivity contribution is -0.146. The Bertz CT molecular complexity index is 1560. The second kappa shape index (κ2) is 23.5. The monoisotopic (exact) mass is 819 g/mol. The maximum absolute atomic E-state index is 14.0. The van der Waals surface area contributed by atoms with Gasteiger partial charge in [-0.1, -0.05) is 78.3 Å². The molecule has 1 fully saturated rings. The van der Waals surface area contributed by atoms with Crippen LogP contribution in [-0.2, 0) is 44.8 Å². The molecule has 0 bridgehead atoms. The highest BCUT2D eigenvalue weighted by Gasteiger charge is 2.41. The van der Waals surface area contributed by atoms with E-state index in [1.54, 1.807) is 44.2 Å². The highest BCUT2D eigenvalue weighted by molar-refractivity contribution is 7.80. The van der Waals surface area contributed by atoms with Gasteiger partial charge in [0.25, 0.3) is 0 Å². The Kier molecular flexibility index (Phi) is 20.0. The number of carboxylic acid groups (broad SMARTS) is 2. The summed E-state index contributed by atoms with van der Waals surface area (Å²) in [5.41, 5.74) is 6.72. The van der Waals surface area contributed by atoms with Gasteiger partial charge in [-0.2, -0.15) is 12.6 Å². The number of hydrogen-bond acceptors (Lipinski definition) is 10. The molecule has 0 spiro atoms. The summed E-state index contributed by atoms with van der Waals surface area (Å²) in [5.74, 6) is -7.65. The van der Waals surface area contributed by atoms with Gasteiger partial charge in [0.15, 0.2) is 0 Å². The Morgan fingerprint density at radius 3 is 1.88 bits per heavy atom. The Balaban J connectivity index is 2.33. The van der Waals surface area contributed by atoms with Crippen molar-refractivity contribution in [1.82, 2.24) is 31.5 Å². The molecule has 2 rings (SSSR count). The first kappa shape index (κ1) is 48.4. The van der Waals surface area contributed by atoms with Crippen molar-refractivity contribution in [3.05, 3.63) is 35.9 Å². The zero-order valence-corrected chi connectivity index (χ0v) is 34.6. The smallest absolute Gasteiger partial charge is 0.326 e.